The predicted octanol–water partition coefficient (Wildman–Crippen LogP) is 2.24. The molecule has 3 heteroatoms. The molecule has 0 amide bonds. The van der Waals surface area contributed by atoms with E-state index in [1.807, 2.05) is 23.5 Å². The van der Waals surface area contributed by atoms with E-state index in [4.69, 9.17) is 0 Å². The third-order valence-corrected chi connectivity index (χ3v) is 4.93. The van der Waals surface area contributed by atoms with Crippen molar-refractivity contribution in [2.24, 2.45) is 5.41 Å². The molecule has 0 radical (unpaired) electrons. The van der Waals surface area contributed by atoms with Crippen LogP contribution in [0.2, 0.25) is 0 Å². The van der Waals surface area contributed by atoms with Gasteiger partial charge in [0.1, 0.15) is 0 Å². The van der Waals surface area contributed by atoms with Crippen LogP contribution >= 0.6 is 23.5 Å². The summed E-state index contributed by atoms with van der Waals surface area (Å²) in [6.07, 6.45) is -0.157. The van der Waals surface area contributed by atoms with Crippen molar-refractivity contribution < 1.29 is 5.11 Å². The van der Waals surface area contributed by atoms with E-state index in [2.05, 4.69) is 20.8 Å². The molecule has 0 bridgehead atoms. The van der Waals surface area contributed by atoms with Gasteiger partial charge in [-0.15, -0.1) is 0 Å². The van der Waals surface area contributed by atoms with Crippen LogP contribution in [0.15, 0.2) is 0 Å². The van der Waals surface area contributed by atoms with Crippen LogP contribution in [0.5, 0.6) is 0 Å². The molecule has 1 N–H and O–H groups in total. The number of rotatable bonds is 1. The maximum absolute atomic E-state index is 9.98. The second kappa shape index (κ2) is 4.25. The van der Waals surface area contributed by atoms with E-state index in [9.17, 15) is 5.11 Å². The molecule has 0 saturated carbocycles. The third-order valence-electron chi connectivity index (χ3n) is 2.08. The van der Waals surface area contributed by atoms with Crippen molar-refractivity contribution >= 4 is 23.5 Å². The Kier molecular flexibility index (Phi) is 3.80. The highest BCUT2D eigenvalue weighted by molar-refractivity contribution is 8.06. The fraction of sp³-hybridized carbons (Fsp3) is 1.00. The molecule has 0 aromatic carbocycles. The number of aliphatic hydroxyl groups is 1. The van der Waals surface area contributed by atoms with E-state index in [0.29, 0.717) is 5.25 Å². The molecule has 1 aliphatic heterocycles. The van der Waals surface area contributed by atoms with Gasteiger partial charge in [-0.2, -0.15) is 23.5 Å². The lowest BCUT2D eigenvalue weighted by molar-refractivity contribution is 0.0657. The molecule has 12 heavy (non-hydrogen) atoms. The third kappa shape index (κ3) is 2.86. The maximum atomic E-state index is 9.98. The van der Waals surface area contributed by atoms with Crippen LogP contribution in [0.3, 0.4) is 0 Å². The zero-order valence-electron chi connectivity index (χ0n) is 8.04. The lowest BCUT2D eigenvalue weighted by atomic mass is 9.87. The zero-order valence-corrected chi connectivity index (χ0v) is 9.67. The Labute approximate surface area is 83.7 Å². The largest absolute Gasteiger partial charge is 0.391 e. The first kappa shape index (κ1) is 10.7. The summed E-state index contributed by atoms with van der Waals surface area (Å²) < 4.78 is 0. The van der Waals surface area contributed by atoms with E-state index in [1.54, 1.807) is 0 Å². The molecule has 1 saturated heterocycles. The van der Waals surface area contributed by atoms with E-state index in [-0.39, 0.29) is 11.5 Å². The summed E-state index contributed by atoms with van der Waals surface area (Å²) in [6, 6.07) is 0. The average molecular weight is 206 g/mol. The SMILES string of the molecule is CC(C)(C)C(O)C1CSCCS1. The van der Waals surface area contributed by atoms with Crippen LogP contribution in [0, 0.1) is 5.41 Å². The van der Waals surface area contributed by atoms with Gasteiger partial charge in [-0.05, 0) is 5.41 Å². The topological polar surface area (TPSA) is 20.2 Å². The minimum absolute atomic E-state index is 0.0373. The Morgan fingerprint density at radius 2 is 2.00 bits per heavy atom. The second-order valence-corrected chi connectivity index (χ2v) is 6.79. The Morgan fingerprint density at radius 1 is 1.33 bits per heavy atom. The molecule has 0 spiro atoms. The first-order chi connectivity index (χ1) is 5.52. The van der Waals surface area contributed by atoms with Gasteiger partial charge in [0.25, 0.3) is 0 Å². The van der Waals surface area contributed by atoms with Crippen molar-refractivity contribution in [2.75, 3.05) is 17.3 Å². The monoisotopic (exact) mass is 206 g/mol. The molecule has 0 aromatic rings. The van der Waals surface area contributed by atoms with Gasteiger partial charge in [-0.3, -0.25) is 0 Å². The summed E-state index contributed by atoms with van der Waals surface area (Å²) in [7, 11) is 0. The summed E-state index contributed by atoms with van der Waals surface area (Å²) in [6.45, 7) is 6.33. The number of aliphatic hydroxyl groups excluding tert-OH is 1. The quantitative estimate of drug-likeness (QED) is 0.710. The summed E-state index contributed by atoms with van der Waals surface area (Å²) in [5.41, 5.74) is 0.0373. The lowest BCUT2D eigenvalue weighted by Gasteiger charge is -2.34. The first-order valence-electron chi connectivity index (χ1n) is 4.39. The van der Waals surface area contributed by atoms with Crippen LogP contribution < -0.4 is 0 Å². The molecule has 1 rings (SSSR count). The molecule has 0 aromatic heterocycles. The molecular weight excluding hydrogens is 188 g/mol. The van der Waals surface area contributed by atoms with Crippen LogP contribution in [-0.2, 0) is 0 Å². The van der Waals surface area contributed by atoms with Crippen molar-refractivity contribution in [1.29, 1.82) is 0 Å². The summed E-state index contributed by atoms with van der Waals surface area (Å²) in [4.78, 5) is 0. The minimum Gasteiger partial charge on any atom is -0.391 e. The molecule has 1 aliphatic rings. The zero-order chi connectivity index (χ0) is 9.19. The van der Waals surface area contributed by atoms with Crippen molar-refractivity contribution in [3.63, 3.8) is 0 Å². The summed E-state index contributed by atoms with van der Waals surface area (Å²) in [5.74, 6) is 3.56. The van der Waals surface area contributed by atoms with Crippen molar-refractivity contribution in [1.82, 2.24) is 0 Å². The highest BCUT2D eigenvalue weighted by Crippen LogP contribution is 2.33. The van der Waals surface area contributed by atoms with Gasteiger partial charge in [-0.1, -0.05) is 20.8 Å². The molecule has 1 nitrogen and oxygen atoms in total. The summed E-state index contributed by atoms with van der Waals surface area (Å²) >= 11 is 3.89. The molecule has 1 heterocycles. The highest BCUT2D eigenvalue weighted by Gasteiger charge is 2.31. The second-order valence-electron chi connectivity index (χ2n) is 4.30. The molecule has 2 unspecified atom stereocenters. The van der Waals surface area contributed by atoms with Gasteiger partial charge in [0.2, 0.25) is 0 Å². The smallest absolute Gasteiger partial charge is 0.0714 e. The normalized spacial score (nSPS) is 28.5. The van der Waals surface area contributed by atoms with E-state index < -0.39 is 0 Å². The van der Waals surface area contributed by atoms with E-state index in [0.717, 1.165) is 5.75 Å². The molecular formula is C9H18OS2. The van der Waals surface area contributed by atoms with E-state index in [1.165, 1.54) is 11.5 Å². The van der Waals surface area contributed by atoms with Gasteiger partial charge in [0, 0.05) is 22.5 Å². The van der Waals surface area contributed by atoms with Gasteiger partial charge >= 0.3 is 0 Å². The van der Waals surface area contributed by atoms with E-state index >= 15 is 0 Å². The number of thioether (sulfide) groups is 2. The fourth-order valence-electron chi connectivity index (χ4n) is 1.25. The van der Waals surface area contributed by atoms with Crippen molar-refractivity contribution in [3.8, 4) is 0 Å². The predicted molar refractivity (Wildman–Crippen MR) is 59.0 cm³/mol. The van der Waals surface area contributed by atoms with Crippen LogP contribution in [-0.4, -0.2) is 33.7 Å². The molecule has 2 atom stereocenters. The van der Waals surface area contributed by atoms with Gasteiger partial charge in [-0.25, -0.2) is 0 Å². The van der Waals surface area contributed by atoms with Gasteiger partial charge < -0.3 is 5.11 Å². The van der Waals surface area contributed by atoms with Gasteiger partial charge in [0.15, 0.2) is 0 Å². The summed E-state index contributed by atoms with van der Waals surface area (Å²) in [5, 5.41) is 10.4. The molecule has 72 valence electrons. The Morgan fingerprint density at radius 3 is 2.42 bits per heavy atom. The Bertz CT molecular complexity index is 136. The minimum atomic E-state index is -0.157. The van der Waals surface area contributed by atoms with Gasteiger partial charge in [0.05, 0.1) is 6.10 Å². The molecule has 1 fully saturated rings. The Hall–Kier alpha value is 0.660. The molecule has 0 aliphatic carbocycles. The van der Waals surface area contributed by atoms with Crippen LogP contribution in [0.25, 0.3) is 0 Å². The average Bonchev–Trinajstić information content (AvgIpc) is 2.03. The van der Waals surface area contributed by atoms with Crippen molar-refractivity contribution in [3.05, 3.63) is 0 Å². The Balaban J connectivity index is 2.45. The first-order valence-corrected chi connectivity index (χ1v) is 6.59. The number of hydrogen-bond acceptors (Lipinski definition) is 3. The highest BCUT2D eigenvalue weighted by atomic mass is 32.2. The maximum Gasteiger partial charge on any atom is 0.0714 e. The lowest BCUT2D eigenvalue weighted by Crippen LogP contribution is -2.38. The van der Waals surface area contributed by atoms with Crippen LogP contribution in [0.4, 0.5) is 0 Å². The fourth-order valence-corrected chi connectivity index (χ4v) is 4.25. The van der Waals surface area contributed by atoms with Crippen LogP contribution in [0.1, 0.15) is 20.8 Å². The van der Waals surface area contributed by atoms with Crippen molar-refractivity contribution in [2.45, 2.75) is 32.1 Å². The standard InChI is InChI=1S/C9H18OS2/c1-9(2,3)8(10)7-6-11-4-5-12-7/h7-8,10H,4-6H2,1-3H3. The number of hydrogen-bond donors (Lipinski definition) is 1.